The van der Waals surface area contributed by atoms with Gasteiger partial charge in [0.15, 0.2) is 6.10 Å². The van der Waals surface area contributed by atoms with E-state index in [2.05, 4.69) is 15.4 Å². The maximum Gasteiger partial charge on any atom is 0.341 e. The van der Waals surface area contributed by atoms with Crippen molar-refractivity contribution in [3.63, 3.8) is 0 Å². The number of carbonyl (C=O) groups excluding carboxylic acids is 2. The third kappa shape index (κ3) is 3.74. The fraction of sp³-hybridized carbons (Fsp3) is 0.333. The molecular weight excluding hydrogens is 356 g/mol. The normalized spacial score (nSPS) is 12.2. The number of nitrogens with one attached hydrogen (secondary N) is 1. The second-order valence-electron chi connectivity index (χ2n) is 7.01. The van der Waals surface area contributed by atoms with E-state index >= 15 is 0 Å². The van der Waals surface area contributed by atoms with Crippen LogP contribution in [0.5, 0.6) is 0 Å². The average Bonchev–Trinajstić information content (AvgIpc) is 3.10. The van der Waals surface area contributed by atoms with E-state index in [1.165, 1.54) is 0 Å². The lowest BCUT2D eigenvalue weighted by atomic mass is 10.0. The van der Waals surface area contributed by atoms with Gasteiger partial charge in [0.25, 0.3) is 5.91 Å². The first kappa shape index (κ1) is 19.5. The summed E-state index contributed by atoms with van der Waals surface area (Å²) in [6.45, 7) is 9.10. The van der Waals surface area contributed by atoms with Crippen LogP contribution in [0.25, 0.3) is 10.9 Å². The highest BCUT2D eigenvalue weighted by Gasteiger charge is 2.24. The number of nitrogens with zero attached hydrogens (tertiary/aromatic N) is 3. The van der Waals surface area contributed by atoms with E-state index in [0.29, 0.717) is 17.1 Å². The van der Waals surface area contributed by atoms with Gasteiger partial charge in [-0.3, -0.25) is 9.78 Å². The largest absolute Gasteiger partial charge is 0.449 e. The molecule has 7 nitrogen and oxygen atoms in total. The predicted octanol–water partition coefficient (Wildman–Crippen LogP) is 3.81. The molecule has 2 aromatic heterocycles. The molecule has 0 fully saturated rings. The molecule has 1 amide bonds. The number of rotatable bonds is 5. The molecule has 0 saturated carbocycles. The SMILES string of the molecule is Cc1nc2ccccc2c(C)c1C(=O)OC(C)C(=O)Nc1ccnn1C(C)C. The second-order valence-corrected chi connectivity index (χ2v) is 7.01. The molecule has 7 heteroatoms. The van der Waals surface area contributed by atoms with Gasteiger partial charge in [-0.05, 0) is 46.2 Å². The molecule has 3 aromatic rings. The van der Waals surface area contributed by atoms with E-state index in [1.807, 2.05) is 45.0 Å². The Morgan fingerprint density at radius 3 is 2.54 bits per heavy atom. The van der Waals surface area contributed by atoms with Crippen molar-refractivity contribution in [2.24, 2.45) is 0 Å². The topological polar surface area (TPSA) is 86.1 Å². The third-order valence-corrected chi connectivity index (χ3v) is 4.60. The number of hydrogen-bond donors (Lipinski definition) is 1. The molecule has 3 rings (SSSR count). The van der Waals surface area contributed by atoms with Crippen LogP contribution in [0.3, 0.4) is 0 Å². The molecule has 1 atom stereocenters. The Hall–Kier alpha value is -3.22. The van der Waals surface area contributed by atoms with E-state index in [-0.39, 0.29) is 6.04 Å². The fourth-order valence-corrected chi connectivity index (χ4v) is 3.16. The Bertz CT molecular complexity index is 1040. The Morgan fingerprint density at radius 1 is 1.11 bits per heavy atom. The molecule has 0 saturated heterocycles. The van der Waals surface area contributed by atoms with Crippen molar-refractivity contribution in [1.82, 2.24) is 14.8 Å². The lowest BCUT2D eigenvalue weighted by Gasteiger charge is -2.17. The number of anilines is 1. The number of hydrogen-bond acceptors (Lipinski definition) is 5. The first-order chi connectivity index (χ1) is 13.3. The van der Waals surface area contributed by atoms with E-state index in [9.17, 15) is 9.59 Å². The lowest BCUT2D eigenvalue weighted by molar-refractivity contribution is -0.123. The van der Waals surface area contributed by atoms with Crippen LogP contribution >= 0.6 is 0 Å². The molecule has 2 heterocycles. The highest BCUT2D eigenvalue weighted by Crippen LogP contribution is 2.23. The van der Waals surface area contributed by atoms with Gasteiger partial charge in [0.2, 0.25) is 0 Å². The van der Waals surface area contributed by atoms with Crippen LogP contribution in [0.1, 0.15) is 48.4 Å². The van der Waals surface area contributed by atoms with Gasteiger partial charge in [0, 0.05) is 17.5 Å². The monoisotopic (exact) mass is 380 g/mol. The molecular formula is C21H24N4O3. The van der Waals surface area contributed by atoms with Crippen LogP contribution in [0.15, 0.2) is 36.5 Å². The minimum absolute atomic E-state index is 0.0946. The van der Waals surface area contributed by atoms with Crippen molar-refractivity contribution in [2.75, 3.05) is 5.32 Å². The molecule has 1 aromatic carbocycles. The molecule has 0 bridgehead atoms. The molecule has 0 aliphatic heterocycles. The van der Waals surface area contributed by atoms with Gasteiger partial charge in [0.1, 0.15) is 5.82 Å². The van der Waals surface area contributed by atoms with E-state index < -0.39 is 18.0 Å². The van der Waals surface area contributed by atoms with Crippen molar-refractivity contribution >= 4 is 28.6 Å². The summed E-state index contributed by atoms with van der Waals surface area (Å²) >= 11 is 0. The van der Waals surface area contributed by atoms with Crippen molar-refractivity contribution in [1.29, 1.82) is 0 Å². The van der Waals surface area contributed by atoms with Crippen LogP contribution in [-0.2, 0) is 9.53 Å². The maximum absolute atomic E-state index is 12.8. The Balaban J connectivity index is 1.78. The first-order valence-electron chi connectivity index (χ1n) is 9.21. The minimum atomic E-state index is -0.965. The summed E-state index contributed by atoms with van der Waals surface area (Å²) in [6, 6.07) is 9.41. The molecule has 28 heavy (non-hydrogen) atoms. The van der Waals surface area contributed by atoms with Gasteiger partial charge in [-0.2, -0.15) is 5.10 Å². The van der Waals surface area contributed by atoms with E-state index in [4.69, 9.17) is 4.74 Å². The van der Waals surface area contributed by atoms with Crippen molar-refractivity contribution < 1.29 is 14.3 Å². The number of aromatic nitrogens is 3. The van der Waals surface area contributed by atoms with Crippen molar-refractivity contribution in [3.05, 3.63) is 53.3 Å². The highest BCUT2D eigenvalue weighted by molar-refractivity contribution is 6.00. The minimum Gasteiger partial charge on any atom is -0.449 e. The zero-order valence-corrected chi connectivity index (χ0v) is 16.7. The molecule has 1 unspecified atom stereocenters. The Kier molecular flexibility index (Phi) is 5.44. The van der Waals surface area contributed by atoms with Crippen LogP contribution in [0.4, 0.5) is 5.82 Å². The first-order valence-corrected chi connectivity index (χ1v) is 9.21. The van der Waals surface area contributed by atoms with Gasteiger partial charge in [0.05, 0.1) is 23.0 Å². The van der Waals surface area contributed by atoms with E-state index in [0.717, 1.165) is 16.5 Å². The van der Waals surface area contributed by atoms with Crippen LogP contribution < -0.4 is 5.32 Å². The molecule has 0 radical (unpaired) electrons. The van der Waals surface area contributed by atoms with Crippen molar-refractivity contribution in [2.45, 2.75) is 46.8 Å². The summed E-state index contributed by atoms with van der Waals surface area (Å²) in [5.41, 5.74) is 2.58. The second kappa shape index (κ2) is 7.80. The number of aryl methyl sites for hydroxylation is 2. The number of para-hydroxylation sites is 1. The number of pyridine rings is 1. The zero-order valence-electron chi connectivity index (χ0n) is 16.7. The number of ether oxygens (including phenoxy) is 1. The Morgan fingerprint density at radius 2 is 1.82 bits per heavy atom. The number of amides is 1. The summed E-state index contributed by atoms with van der Waals surface area (Å²) in [6.07, 6.45) is 0.646. The molecule has 1 N–H and O–H groups in total. The standard InChI is InChI=1S/C21H24N4O3/c1-12(2)25-18(10-11-22-25)24-20(26)15(5)28-21(27)19-13(3)16-8-6-7-9-17(16)23-14(19)4/h6-12,15H,1-5H3,(H,24,26). The number of esters is 1. The zero-order chi connectivity index (χ0) is 20.4. The summed E-state index contributed by atoms with van der Waals surface area (Å²) in [5, 5.41) is 7.82. The summed E-state index contributed by atoms with van der Waals surface area (Å²) in [7, 11) is 0. The van der Waals surface area contributed by atoms with Gasteiger partial charge < -0.3 is 10.1 Å². The molecule has 146 valence electrons. The van der Waals surface area contributed by atoms with Gasteiger partial charge in [-0.1, -0.05) is 18.2 Å². The van der Waals surface area contributed by atoms with Crippen LogP contribution in [0.2, 0.25) is 0 Å². The number of fused-ring (bicyclic) bond motifs is 1. The summed E-state index contributed by atoms with van der Waals surface area (Å²) in [4.78, 5) is 29.7. The summed E-state index contributed by atoms with van der Waals surface area (Å²) in [5.74, 6) is -0.421. The van der Waals surface area contributed by atoms with Gasteiger partial charge in [-0.25, -0.2) is 9.48 Å². The average molecular weight is 380 g/mol. The Labute approximate surface area is 163 Å². The molecule has 0 spiro atoms. The molecule has 0 aliphatic carbocycles. The fourth-order valence-electron chi connectivity index (χ4n) is 3.16. The predicted molar refractivity (Wildman–Crippen MR) is 107 cm³/mol. The summed E-state index contributed by atoms with van der Waals surface area (Å²) < 4.78 is 7.13. The van der Waals surface area contributed by atoms with E-state index in [1.54, 1.807) is 30.8 Å². The van der Waals surface area contributed by atoms with Crippen LogP contribution in [-0.4, -0.2) is 32.7 Å². The number of benzene rings is 1. The van der Waals surface area contributed by atoms with Crippen molar-refractivity contribution in [3.8, 4) is 0 Å². The van der Waals surface area contributed by atoms with Gasteiger partial charge in [-0.15, -0.1) is 0 Å². The van der Waals surface area contributed by atoms with Crippen LogP contribution in [0, 0.1) is 13.8 Å². The smallest absolute Gasteiger partial charge is 0.341 e. The maximum atomic E-state index is 12.8. The third-order valence-electron chi connectivity index (χ3n) is 4.60. The highest BCUT2D eigenvalue weighted by atomic mass is 16.5. The lowest BCUT2D eigenvalue weighted by Crippen LogP contribution is -2.31. The quantitative estimate of drug-likeness (QED) is 0.680. The molecule has 0 aliphatic rings. The number of carbonyl (C=O) groups is 2. The van der Waals surface area contributed by atoms with Gasteiger partial charge >= 0.3 is 5.97 Å².